The summed E-state index contributed by atoms with van der Waals surface area (Å²) in [5.74, 6) is 2.04. The van der Waals surface area contributed by atoms with E-state index in [1.807, 2.05) is 18.0 Å². The molecule has 0 aliphatic rings. The summed E-state index contributed by atoms with van der Waals surface area (Å²) in [6, 6.07) is 7.26. The molecule has 0 unspecified atom stereocenters. The van der Waals surface area contributed by atoms with Crippen LogP contribution in [0.4, 0.5) is 0 Å². The Kier molecular flexibility index (Phi) is 2.16. The van der Waals surface area contributed by atoms with E-state index in [2.05, 4.69) is 0 Å². The van der Waals surface area contributed by atoms with Gasteiger partial charge in [-0.3, -0.25) is 5.41 Å². The first-order valence-corrected chi connectivity index (χ1v) is 3.05. The van der Waals surface area contributed by atoms with E-state index < -0.39 is 0 Å². The highest BCUT2D eigenvalue weighted by molar-refractivity contribution is 5.80. The summed E-state index contributed by atoms with van der Waals surface area (Å²) in [5.41, 5.74) is 0.186. The first kappa shape index (κ1) is 7.20. The third-order valence-electron chi connectivity index (χ3n) is 1.20. The number of hydrogen-bond acceptors (Lipinski definition) is 2. The van der Waals surface area contributed by atoms with Gasteiger partial charge in [0.1, 0.15) is 0 Å². The maximum absolute atomic E-state index is 8.49. The monoisotopic (exact) mass is 144 g/mol. The molecule has 1 N–H and O–H groups in total. The van der Waals surface area contributed by atoms with Crippen molar-refractivity contribution in [3.8, 4) is 6.07 Å². The van der Waals surface area contributed by atoms with Crippen molar-refractivity contribution in [1.29, 1.82) is 10.7 Å². The minimum absolute atomic E-state index is 0.186. The molecule has 1 heterocycles. The molecule has 0 radical (unpaired) electrons. The first-order chi connectivity index (χ1) is 5.38. The summed E-state index contributed by atoms with van der Waals surface area (Å²) in [7, 11) is 0. The molecule has 1 rings (SSSR count). The zero-order valence-corrected chi connectivity index (χ0v) is 5.78. The molecule has 11 heavy (non-hydrogen) atoms. The Hall–Kier alpha value is -1.91. The van der Waals surface area contributed by atoms with Crippen molar-refractivity contribution < 1.29 is 4.57 Å². The van der Waals surface area contributed by atoms with Crippen molar-refractivity contribution >= 4 is 11.6 Å². The number of aromatic nitrogens is 1. The smallest absolute Gasteiger partial charge is 0.252 e. The Morgan fingerprint density at radius 1 is 1.27 bits per heavy atom. The highest BCUT2D eigenvalue weighted by atomic mass is 14.9. The van der Waals surface area contributed by atoms with Crippen LogP contribution in [-0.2, 0) is 0 Å². The van der Waals surface area contributed by atoms with Crippen molar-refractivity contribution in [1.82, 2.24) is 0 Å². The van der Waals surface area contributed by atoms with Crippen LogP contribution in [0.2, 0.25) is 0 Å². The standard InChI is InChI=1S/C8H6N3/c9-6-8(7-10)11-4-2-1-3-5-11/h1-5,9H/q+1. The molecule has 0 saturated carbocycles. The van der Waals surface area contributed by atoms with Crippen molar-refractivity contribution in [3.05, 3.63) is 30.6 Å². The molecule has 3 heteroatoms. The molecule has 0 bridgehead atoms. The van der Waals surface area contributed by atoms with Crippen LogP contribution in [0.3, 0.4) is 0 Å². The topological polar surface area (TPSA) is 51.5 Å². The third kappa shape index (κ3) is 1.51. The second kappa shape index (κ2) is 3.31. The predicted octanol–water partition coefficient (Wildman–Crippen LogP) is 0.587. The Morgan fingerprint density at radius 3 is 2.36 bits per heavy atom. The lowest BCUT2D eigenvalue weighted by Gasteiger charge is -1.84. The quantitative estimate of drug-likeness (QED) is 0.350. The summed E-state index contributed by atoms with van der Waals surface area (Å²) in [6.07, 6.45) is 3.39. The average Bonchev–Trinajstić information content (AvgIpc) is 2.09. The number of nitrogens with one attached hydrogen (secondary N) is 1. The Labute approximate surface area is 64.3 Å². The van der Waals surface area contributed by atoms with E-state index in [-0.39, 0.29) is 5.70 Å². The lowest BCUT2D eigenvalue weighted by Crippen LogP contribution is -2.30. The maximum atomic E-state index is 8.49. The van der Waals surface area contributed by atoms with E-state index in [0.29, 0.717) is 0 Å². The lowest BCUT2D eigenvalue weighted by atomic mass is 10.4. The molecule has 0 fully saturated rings. The molecule has 1 aromatic rings. The highest BCUT2D eigenvalue weighted by Crippen LogP contribution is 1.83. The molecule has 52 valence electrons. The van der Waals surface area contributed by atoms with Crippen LogP contribution < -0.4 is 4.57 Å². The highest BCUT2D eigenvalue weighted by Gasteiger charge is 2.04. The number of pyridine rings is 1. The van der Waals surface area contributed by atoms with Crippen molar-refractivity contribution in [2.75, 3.05) is 0 Å². The maximum Gasteiger partial charge on any atom is 0.351 e. The molecule has 0 saturated heterocycles. The molecule has 0 aliphatic heterocycles. The first-order valence-electron chi connectivity index (χ1n) is 3.05. The van der Waals surface area contributed by atoms with Gasteiger partial charge in [0, 0.05) is 12.1 Å². The van der Waals surface area contributed by atoms with Gasteiger partial charge in [-0.05, 0) is 0 Å². The minimum atomic E-state index is 0.186. The number of rotatable bonds is 1. The number of nitriles is 1. The molecule has 3 nitrogen and oxygen atoms in total. The summed E-state index contributed by atoms with van der Waals surface area (Å²) in [5, 5.41) is 15.3. The van der Waals surface area contributed by atoms with Gasteiger partial charge in [0.05, 0.1) is 5.87 Å². The molecule has 1 aromatic heterocycles. The molecule has 0 amide bonds. The minimum Gasteiger partial charge on any atom is -0.252 e. The molecule has 0 spiro atoms. The fourth-order valence-electron chi connectivity index (χ4n) is 0.698. The van der Waals surface area contributed by atoms with Crippen LogP contribution in [-0.4, -0.2) is 5.87 Å². The summed E-state index contributed by atoms with van der Waals surface area (Å²) < 4.78 is 1.53. The Balaban J connectivity index is 3.15. The number of allylic oxidation sites excluding steroid dienone is 1. The van der Waals surface area contributed by atoms with Crippen molar-refractivity contribution in [2.24, 2.45) is 0 Å². The molecule has 0 atom stereocenters. The van der Waals surface area contributed by atoms with Gasteiger partial charge in [0.25, 0.3) is 0 Å². The van der Waals surface area contributed by atoms with Gasteiger partial charge in [-0.15, -0.1) is 4.57 Å². The van der Waals surface area contributed by atoms with Gasteiger partial charge in [-0.25, -0.2) is 0 Å². The van der Waals surface area contributed by atoms with E-state index in [9.17, 15) is 0 Å². The normalized spacial score (nSPS) is 7.91. The van der Waals surface area contributed by atoms with Gasteiger partial charge in [0.15, 0.2) is 18.5 Å². The predicted molar refractivity (Wildman–Crippen MR) is 39.7 cm³/mol. The van der Waals surface area contributed by atoms with Gasteiger partial charge in [-0.2, -0.15) is 5.26 Å². The fourth-order valence-corrected chi connectivity index (χ4v) is 0.698. The second-order valence-electron chi connectivity index (χ2n) is 1.87. The van der Waals surface area contributed by atoms with Crippen LogP contribution >= 0.6 is 0 Å². The van der Waals surface area contributed by atoms with E-state index in [1.54, 1.807) is 24.5 Å². The number of hydrogen-bond donors (Lipinski definition) is 1. The van der Waals surface area contributed by atoms with Crippen molar-refractivity contribution in [2.45, 2.75) is 0 Å². The summed E-state index contributed by atoms with van der Waals surface area (Å²) >= 11 is 0. The molecular formula is C8H6N3+. The van der Waals surface area contributed by atoms with Crippen LogP contribution in [0.5, 0.6) is 0 Å². The SMILES string of the molecule is N#CC(=C=N)[n+]1ccccc1. The van der Waals surface area contributed by atoms with Gasteiger partial charge in [-0.1, -0.05) is 6.07 Å². The van der Waals surface area contributed by atoms with Crippen LogP contribution in [0.1, 0.15) is 0 Å². The van der Waals surface area contributed by atoms with Crippen LogP contribution in [0.25, 0.3) is 5.70 Å². The molecular weight excluding hydrogens is 138 g/mol. The van der Waals surface area contributed by atoms with E-state index in [1.165, 1.54) is 4.57 Å². The van der Waals surface area contributed by atoms with Gasteiger partial charge < -0.3 is 0 Å². The van der Waals surface area contributed by atoms with Crippen LogP contribution in [0, 0.1) is 16.7 Å². The Bertz CT molecular complexity index is 328. The largest absolute Gasteiger partial charge is 0.351 e. The summed E-state index contributed by atoms with van der Waals surface area (Å²) in [6.45, 7) is 0. The van der Waals surface area contributed by atoms with Crippen molar-refractivity contribution in [3.63, 3.8) is 0 Å². The van der Waals surface area contributed by atoms with E-state index in [0.717, 1.165) is 0 Å². The zero-order valence-electron chi connectivity index (χ0n) is 5.78. The molecule has 0 aromatic carbocycles. The van der Waals surface area contributed by atoms with E-state index >= 15 is 0 Å². The zero-order chi connectivity index (χ0) is 8.10. The third-order valence-corrected chi connectivity index (χ3v) is 1.20. The van der Waals surface area contributed by atoms with E-state index in [4.69, 9.17) is 10.7 Å². The molecule has 0 aliphatic carbocycles. The second-order valence-corrected chi connectivity index (χ2v) is 1.87. The fraction of sp³-hybridized carbons (Fsp3) is 0. The summed E-state index contributed by atoms with van der Waals surface area (Å²) in [4.78, 5) is 0. The average molecular weight is 144 g/mol. The van der Waals surface area contributed by atoms with Gasteiger partial charge >= 0.3 is 5.70 Å². The van der Waals surface area contributed by atoms with Crippen LogP contribution in [0.15, 0.2) is 30.6 Å². The Morgan fingerprint density at radius 2 is 1.91 bits per heavy atom. The lowest BCUT2D eigenvalue weighted by molar-refractivity contribution is -0.576. The number of nitrogens with zero attached hydrogens (tertiary/aromatic N) is 2. The van der Waals surface area contributed by atoms with Gasteiger partial charge in [0.2, 0.25) is 0 Å².